The average molecular weight is 328 g/mol. The van der Waals surface area contributed by atoms with Crippen molar-refractivity contribution in [3.63, 3.8) is 0 Å². The lowest BCUT2D eigenvalue weighted by Gasteiger charge is -2.31. The first-order chi connectivity index (χ1) is 11.6. The van der Waals surface area contributed by atoms with Gasteiger partial charge in [-0.3, -0.25) is 15.0 Å². The van der Waals surface area contributed by atoms with E-state index in [-0.39, 0.29) is 23.7 Å². The molecule has 128 valence electrons. The summed E-state index contributed by atoms with van der Waals surface area (Å²) >= 11 is 0. The number of aliphatic imine (C=N–C) groups is 1. The van der Waals surface area contributed by atoms with Crippen LogP contribution in [-0.4, -0.2) is 29.7 Å². The highest BCUT2D eigenvalue weighted by Gasteiger charge is 2.31. The third-order valence-electron chi connectivity index (χ3n) is 4.54. The van der Waals surface area contributed by atoms with Crippen LogP contribution in [0.5, 0.6) is 0 Å². The Balaban J connectivity index is 1.71. The van der Waals surface area contributed by atoms with Crippen LogP contribution in [-0.2, 0) is 9.59 Å². The van der Waals surface area contributed by atoms with Gasteiger partial charge in [-0.25, -0.2) is 10.0 Å². The molecule has 2 amide bonds. The zero-order chi connectivity index (χ0) is 16.9. The molecule has 0 saturated heterocycles. The predicted molar refractivity (Wildman–Crippen MR) is 93.6 cm³/mol. The minimum atomic E-state index is -0.582. The fraction of sp³-hybridized carbons (Fsp3) is 0.500. The molecule has 1 aromatic rings. The number of carbonyl (C=O) groups is 2. The van der Waals surface area contributed by atoms with Crippen LogP contribution >= 0.6 is 0 Å². The SMILES string of the molecule is C[C@@H]1N=C(C(=O)NC2CCCCCC2)NN(c2ccccc2)C1=O. The minimum Gasteiger partial charge on any atom is -0.347 e. The molecule has 0 bridgehead atoms. The van der Waals surface area contributed by atoms with Gasteiger partial charge in [-0.05, 0) is 31.9 Å². The van der Waals surface area contributed by atoms with Crippen molar-refractivity contribution in [1.82, 2.24) is 10.7 Å². The van der Waals surface area contributed by atoms with Crippen LogP contribution in [0.2, 0.25) is 0 Å². The topological polar surface area (TPSA) is 73.8 Å². The molecule has 1 heterocycles. The maximum Gasteiger partial charge on any atom is 0.288 e. The summed E-state index contributed by atoms with van der Waals surface area (Å²) in [7, 11) is 0. The number of anilines is 1. The van der Waals surface area contributed by atoms with Gasteiger partial charge < -0.3 is 5.32 Å². The maximum absolute atomic E-state index is 12.6. The summed E-state index contributed by atoms with van der Waals surface area (Å²) in [6, 6.07) is 8.85. The standard InChI is InChI=1S/C18H24N4O2/c1-13-18(24)22(15-11-7-4-8-12-15)21-16(19-13)17(23)20-14-9-5-2-3-6-10-14/h4,7-8,11-14H,2-3,5-6,9-10H2,1H3,(H,19,21)(H,20,23)/t13-/m0/s1. The second kappa shape index (κ2) is 7.47. The van der Waals surface area contributed by atoms with Crippen LogP contribution in [0.25, 0.3) is 0 Å². The third-order valence-corrected chi connectivity index (χ3v) is 4.54. The number of amides is 2. The van der Waals surface area contributed by atoms with Gasteiger partial charge in [0.15, 0.2) is 0 Å². The smallest absolute Gasteiger partial charge is 0.288 e. The number of carbonyl (C=O) groups excluding carboxylic acids is 2. The van der Waals surface area contributed by atoms with E-state index in [2.05, 4.69) is 15.7 Å². The third kappa shape index (κ3) is 3.75. The lowest BCUT2D eigenvalue weighted by Crippen LogP contribution is -2.58. The predicted octanol–water partition coefficient (Wildman–Crippen LogP) is 2.16. The first-order valence-electron chi connectivity index (χ1n) is 8.69. The lowest BCUT2D eigenvalue weighted by atomic mass is 10.1. The molecule has 1 atom stereocenters. The summed E-state index contributed by atoms with van der Waals surface area (Å²) in [6.45, 7) is 1.71. The number of nitrogens with one attached hydrogen (secondary N) is 2. The fourth-order valence-electron chi connectivity index (χ4n) is 3.18. The van der Waals surface area contributed by atoms with E-state index in [0.717, 1.165) is 25.7 Å². The van der Waals surface area contributed by atoms with Crippen molar-refractivity contribution in [2.24, 2.45) is 4.99 Å². The molecule has 1 saturated carbocycles. The molecule has 3 rings (SSSR count). The highest BCUT2D eigenvalue weighted by Crippen LogP contribution is 2.18. The maximum atomic E-state index is 12.6. The molecular weight excluding hydrogens is 304 g/mol. The highest BCUT2D eigenvalue weighted by atomic mass is 16.2. The van der Waals surface area contributed by atoms with Gasteiger partial charge in [0.25, 0.3) is 11.8 Å². The Hall–Kier alpha value is -2.37. The zero-order valence-electron chi connectivity index (χ0n) is 14.0. The van der Waals surface area contributed by atoms with Crippen molar-refractivity contribution in [3.8, 4) is 0 Å². The summed E-state index contributed by atoms with van der Waals surface area (Å²) in [4.78, 5) is 29.1. The number of hydrazine groups is 1. The molecule has 24 heavy (non-hydrogen) atoms. The number of nitrogens with zero attached hydrogens (tertiary/aromatic N) is 2. The van der Waals surface area contributed by atoms with Crippen molar-refractivity contribution in [2.75, 3.05) is 5.01 Å². The second-order valence-electron chi connectivity index (χ2n) is 6.44. The highest BCUT2D eigenvalue weighted by molar-refractivity contribution is 6.39. The van der Waals surface area contributed by atoms with E-state index in [4.69, 9.17) is 0 Å². The largest absolute Gasteiger partial charge is 0.347 e. The van der Waals surface area contributed by atoms with E-state index in [9.17, 15) is 9.59 Å². The number of benzene rings is 1. The molecule has 0 aromatic heterocycles. The van der Waals surface area contributed by atoms with E-state index in [1.54, 1.807) is 6.92 Å². The second-order valence-corrected chi connectivity index (χ2v) is 6.44. The number of hydrogen-bond donors (Lipinski definition) is 2. The van der Waals surface area contributed by atoms with E-state index >= 15 is 0 Å². The Kier molecular flexibility index (Phi) is 5.13. The first kappa shape index (κ1) is 16.5. The molecule has 1 fully saturated rings. The normalized spacial score (nSPS) is 22.4. The number of rotatable bonds is 3. The lowest BCUT2D eigenvalue weighted by molar-refractivity contribution is -0.120. The van der Waals surface area contributed by atoms with Gasteiger partial charge in [-0.1, -0.05) is 43.9 Å². The van der Waals surface area contributed by atoms with Gasteiger partial charge in [0.1, 0.15) is 6.04 Å². The van der Waals surface area contributed by atoms with Crippen LogP contribution in [0, 0.1) is 0 Å². The van der Waals surface area contributed by atoms with E-state index in [1.807, 2.05) is 30.3 Å². The molecule has 0 unspecified atom stereocenters. The number of para-hydroxylation sites is 1. The Labute approximate surface area is 142 Å². The Morgan fingerprint density at radius 1 is 1.17 bits per heavy atom. The van der Waals surface area contributed by atoms with Crippen molar-refractivity contribution in [3.05, 3.63) is 30.3 Å². The molecule has 1 aromatic carbocycles. The molecule has 0 radical (unpaired) electrons. The molecule has 6 nitrogen and oxygen atoms in total. The Bertz CT molecular complexity index is 621. The van der Waals surface area contributed by atoms with Gasteiger partial charge in [-0.15, -0.1) is 0 Å². The summed E-state index contributed by atoms with van der Waals surface area (Å²) in [5.41, 5.74) is 3.57. The van der Waals surface area contributed by atoms with Gasteiger partial charge in [0.2, 0.25) is 5.84 Å². The molecule has 2 N–H and O–H groups in total. The molecular formula is C18H24N4O2. The van der Waals surface area contributed by atoms with Gasteiger partial charge in [0.05, 0.1) is 5.69 Å². The van der Waals surface area contributed by atoms with Crippen molar-refractivity contribution < 1.29 is 9.59 Å². The Morgan fingerprint density at radius 2 is 1.83 bits per heavy atom. The Morgan fingerprint density at radius 3 is 2.50 bits per heavy atom. The van der Waals surface area contributed by atoms with Crippen molar-refractivity contribution in [2.45, 2.75) is 57.5 Å². The number of hydrogen-bond acceptors (Lipinski definition) is 4. The zero-order valence-corrected chi connectivity index (χ0v) is 14.0. The molecule has 1 aliphatic heterocycles. The van der Waals surface area contributed by atoms with Gasteiger partial charge >= 0.3 is 0 Å². The molecule has 0 spiro atoms. The van der Waals surface area contributed by atoms with Crippen LogP contribution in [0.3, 0.4) is 0 Å². The molecule has 1 aliphatic carbocycles. The van der Waals surface area contributed by atoms with E-state index in [0.29, 0.717) is 5.69 Å². The fourth-order valence-corrected chi connectivity index (χ4v) is 3.18. The summed E-state index contributed by atoms with van der Waals surface area (Å²) < 4.78 is 0. The van der Waals surface area contributed by atoms with Crippen LogP contribution in [0.15, 0.2) is 35.3 Å². The number of amidine groups is 1. The van der Waals surface area contributed by atoms with Crippen molar-refractivity contribution >= 4 is 23.3 Å². The summed E-state index contributed by atoms with van der Waals surface area (Å²) in [6.07, 6.45) is 6.79. The quantitative estimate of drug-likeness (QED) is 0.835. The van der Waals surface area contributed by atoms with Crippen LogP contribution in [0.4, 0.5) is 5.69 Å². The monoisotopic (exact) mass is 328 g/mol. The average Bonchev–Trinajstić information content (AvgIpc) is 2.86. The van der Waals surface area contributed by atoms with Crippen LogP contribution < -0.4 is 15.8 Å². The molecule has 6 heteroatoms. The minimum absolute atomic E-state index is 0.174. The van der Waals surface area contributed by atoms with Crippen molar-refractivity contribution in [1.29, 1.82) is 0 Å². The molecule has 2 aliphatic rings. The van der Waals surface area contributed by atoms with E-state index < -0.39 is 6.04 Å². The van der Waals surface area contributed by atoms with E-state index in [1.165, 1.54) is 17.9 Å². The van der Waals surface area contributed by atoms with Crippen LogP contribution in [0.1, 0.15) is 45.4 Å². The first-order valence-corrected chi connectivity index (χ1v) is 8.69. The van der Waals surface area contributed by atoms with Gasteiger partial charge in [0, 0.05) is 6.04 Å². The summed E-state index contributed by atoms with van der Waals surface area (Å²) in [5.74, 6) is -0.204. The van der Waals surface area contributed by atoms with Gasteiger partial charge in [-0.2, -0.15) is 0 Å². The summed E-state index contributed by atoms with van der Waals surface area (Å²) in [5, 5.41) is 4.47.